The molecule has 0 aliphatic heterocycles. The second kappa shape index (κ2) is 13.0. The number of rotatable bonds is 3. The SMILES string of the molecule is Cc1nc(C)c(-n2cccn2)[c-]c1-n1cccn1.Fc1c[c-]c(-c2ccccn2)c(F)c1.[C-]#N.[Ir+3]. The number of halogens is 2. The van der Waals surface area contributed by atoms with Crippen LogP contribution in [0.2, 0.25) is 0 Å². The molecule has 1 aromatic carbocycles. The fraction of sp³-hybridized carbons (Fsp3) is 0.0800. The van der Waals surface area contributed by atoms with Crippen molar-refractivity contribution in [2.45, 2.75) is 13.8 Å². The number of hydrogen-bond acceptors (Lipinski definition) is 5. The molecule has 0 bridgehead atoms. The van der Waals surface area contributed by atoms with Gasteiger partial charge in [-0.2, -0.15) is 10.2 Å². The van der Waals surface area contributed by atoms with Gasteiger partial charge in [-0.05, 0) is 46.7 Å². The van der Waals surface area contributed by atoms with E-state index in [4.69, 9.17) is 11.8 Å². The Morgan fingerprint density at radius 2 is 1.49 bits per heavy atom. The molecule has 0 saturated heterocycles. The molecule has 4 heterocycles. The van der Waals surface area contributed by atoms with Gasteiger partial charge in [-0.25, -0.2) is 0 Å². The summed E-state index contributed by atoms with van der Waals surface area (Å²) in [5, 5.41) is 14.7. The summed E-state index contributed by atoms with van der Waals surface area (Å²) < 4.78 is 29.3. The molecule has 5 rings (SSSR count). The zero-order chi connectivity index (χ0) is 24.5. The van der Waals surface area contributed by atoms with Crippen molar-refractivity contribution in [2.24, 2.45) is 0 Å². The number of aryl methyl sites for hydroxylation is 2. The Balaban J connectivity index is 0.000000231. The number of nitrogens with zero attached hydrogens (tertiary/aromatic N) is 7. The third kappa shape index (κ3) is 6.73. The number of pyridine rings is 2. The minimum absolute atomic E-state index is 0. The molecule has 10 heteroatoms. The topological polar surface area (TPSA) is 85.2 Å². The smallest absolute Gasteiger partial charge is 0.512 e. The van der Waals surface area contributed by atoms with Crippen LogP contribution in [0.25, 0.3) is 22.6 Å². The van der Waals surface area contributed by atoms with E-state index >= 15 is 0 Å². The molecule has 4 aromatic heterocycles. The van der Waals surface area contributed by atoms with E-state index in [2.05, 4.69) is 32.3 Å². The van der Waals surface area contributed by atoms with Crippen LogP contribution in [0, 0.1) is 49.4 Å². The van der Waals surface area contributed by atoms with Crippen LogP contribution in [0.3, 0.4) is 0 Å². The number of hydrogen-bond donors (Lipinski definition) is 0. The standard InChI is InChI=1S/C13H12N5.C11H6F2N.CN.Ir/c1-10-12(17-7-3-5-14-17)9-13(11(2)16-10)18-8-4-6-15-18;12-8-4-5-9(10(13)7-8)11-3-1-2-6-14-11;1-2;/h3-8H,1-2H3;1-4,6-7H;;/q3*-1;+3. The third-order valence-corrected chi connectivity index (χ3v) is 4.50. The maximum Gasteiger partial charge on any atom is 3.00 e. The molecular weight excluding hydrogens is 629 g/mol. The molecule has 0 atom stereocenters. The molecule has 0 unspecified atom stereocenters. The fourth-order valence-electron chi connectivity index (χ4n) is 3.05. The average Bonchev–Trinajstić information content (AvgIpc) is 3.57. The van der Waals surface area contributed by atoms with E-state index in [1.54, 1.807) is 46.2 Å². The summed E-state index contributed by atoms with van der Waals surface area (Å²) in [5.74, 6) is -1.29. The summed E-state index contributed by atoms with van der Waals surface area (Å²) >= 11 is 0. The summed E-state index contributed by atoms with van der Waals surface area (Å²) in [4.78, 5) is 8.48. The second-order valence-electron chi connectivity index (χ2n) is 6.76. The number of aromatic nitrogens is 6. The molecule has 0 amide bonds. The van der Waals surface area contributed by atoms with Crippen molar-refractivity contribution in [3.8, 4) is 22.6 Å². The fourth-order valence-corrected chi connectivity index (χ4v) is 3.05. The van der Waals surface area contributed by atoms with Gasteiger partial charge in [0, 0.05) is 42.6 Å². The van der Waals surface area contributed by atoms with Crippen molar-refractivity contribution in [1.29, 1.82) is 5.26 Å². The van der Waals surface area contributed by atoms with Gasteiger partial charge < -0.3 is 21.8 Å². The molecular formula is C25H18F2IrN7. The quantitative estimate of drug-likeness (QED) is 0.263. The zero-order valence-corrected chi connectivity index (χ0v) is 21.0. The summed E-state index contributed by atoms with van der Waals surface area (Å²) in [6.07, 6.45) is 8.78. The van der Waals surface area contributed by atoms with E-state index in [1.165, 1.54) is 0 Å². The van der Waals surface area contributed by atoms with E-state index in [0.29, 0.717) is 5.69 Å². The van der Waals surface area contributed by atoms with Gasteiger partial charge in [-0.15, -0.1) is 18.2 Å². The van der Waals surface area contributed by atoms with Crippen LogP contribution < -0.4 is 0 Å². The minimum Gasteiger partial charge on any atom is -0.512 e. The summed E-state index contributed by atoms with van der Waals surface area (Å²) in [6.45, 7) is 8.65. The Hall–Kier alpha value is -4.06. The Bertz CT molecular complexity index is 1300. The van der Waals surface area contributed by atoms with Gasteiger partial charge in [0.1, 0.15) is 0 Å². The first-order chi connectivity index (χ1) is 16.5. The van der Waals surface area contributed by atoms with Crippen LogP contribution in [0.15, 0.2) is 73.4 Å². The molecule has 0 N–H and O–H groups in total. The van der Waals surface area contributed by atoms with Crippen LogP contribution in [-0.2, 0) is 20.1 Å². The molecule has 0 aliphatic carbocycles. The van der Waals surface area contributed by atoms with Crippen molar-refractivity contribution in [3.63, 3.8) is 0 Å². The average molecular weight is 647 g/mol. The molecule has 176 valence electrons. The molecule has 0 aliphatic rings. The normalized spacial score (nSPS) is 9.66. The van der Waals surface area contributed by atoms with E-state index < -0.39 is 11.6 Å². The second-order valence-corrected chi connectivity index (χ2v) is 6.76. The first kappa shape index (κ1) is 27.2. The Morgan fingerprint density at radius 1 is 0.886 bits per heavy atom. The molecule has 0 saturated carbocycles. The maximum atomic E-state index is 13.2. The summed E-state index contributed by atoms with van der Waals surface area (Å²) in [7, 11) is 0. The largest absolute Gasteiger partial charge is 3.00 e. The van der Waals surface area contributed by atoms with E-state index in [0.717, 1.165) is 34.9 Å². The molecule has 0 fully saturated rings. The van der Waals surface area contributed by atoms with Gasteiger partial charge in [-0.3, -0.25) is 18.1 Å². The first-order valence-electron chi connectivity index (χ1n) is 9.94. The van der Waals surface area contributed by atoms with Gasteiger partial charge in [-0.1, -0.05) is 37.6 Å². The Kier molecular flexibility index (Phi) is 10.1. The molecule has 7 nitrogen and oxygen atoms in total. The van der Waals surface area contributed by atoms with Crippen LogP contribution in [-0.4, -0.2) is 29.5 Å². The van der Waals surface area contributed by atoms with Gasteiger partial charge in [0.2, 0.25) is 0 Å². The van der Waals surface area contributed by atoms with Crippen molar-refractivity contribution < 1.29 is 28.9 Å². The molecule has 0 spiro atoms. The zero-order valence-electron chi connectivity index (χ0n) is 18.6. The van der Waals surface area contributed by atoms with Gasteiger partial charge in [0.25, 0.3) is 0 Å². The molecule has 5 aromatic rings. The van der Waals surface area contributed by atoms with Crippen molar-refractivity contribution in [2.75, 3.05) is 0 Å². The monoisotopic (exact) mass is 647 g/mol. The van der Waals surface area contributed by atoms with E-state index in [1.807, 2.05) is 38.4 Å². The van der Waals surface area contributed by atoms with Gasteiger partial charge >= 0.3 is 20.1 Å². The van der Waals surface area contributed by atoms with Crippen LogP contribution >= 0.6 is 0 Å². The first-order valence-corrected chi connectivity index (χ1v) is 9.94. The van der Waals surface area contributed by atoms with Crippen LogP contribution in [0.1, 0.15) is 11.4 Å². The van der Waals surface area contributed by atoms with E-state index in [9.17, 15) is 8.78 Å². The van der Waals surface area contributed by atoms with Crippen molar-refractivity contribution >= 4 is 0 Å². The van der Waals surface area contributed by atoms with Crippen LogP contribution in [0.5, 0.6) is 0 Å². The predicted octanol–water partition coefficient (Wildman–Crippen LogP) is 4.79. The van der Waals surface area contributed by atoms with Gasteiger partial charge in [0.05, 0.1) is 0 Å². The third-order valence-electron chi connectivity index (χ3n) is 4.50. The molecule has 0 radical (unpaired) electrons. The summed E-state index contributed by atoms with van der Waals surface area (Å²) in [6, 6.07) is 16.6. The summed E-state index contributed by atoms with van der Waals surface area (Å²) in [5.41, 5.74) is 4.11. The minimum atomic E-state index is -0.649. The Morgan fingerprint density at radius 3 is 1.94 bits per heavy atom. The van der Waals surface area contributed by atoms with E-state index in [-0.39, 0.29) is 25.7 Å². The molecule has 35 heavy (non-hydrogen) atoms. The van der Waals surface area contributed by atoms with Crippen molar-refractivity contribution in [3.05, 3.63) is 115 Å². The predicted molar refractivity (Wildman–Crippen MR) is 120 cm³/mol. The Labute approximate surface area is 215 Å². The number of benzene rings is 1. The van der Waals surface area contributed by atoms with Crippen LogP contribution in [0.4, 0.5) is 8.78 Å². The van der Waals surface area contributed by atoms with Gasteiger partial charge in [0.15, 0.2) is 0 Å². The van der Waals surface area contributed by atoms with Crippen molar-refractivity contribution in [1.82, 2.24) is 29.5 Å². The maximum absolute atomic E-state index is 13.2.